The number of hydrogen-bond acceptors (Lipinski definition) is 4. The molecule has 0 unspecified atom stereocenters. The molecular formula is C19H14ClN3O2. The molecule has 0 bridgehead atoms. The first-order chi connectivity index (χ1) is 12.2. The van der Waals surface area contributed by atoms with E-state index in [1.807, 2.05) is 18.2 Å². The smallest absolute Gasteiger partial charge is 0.257 e. The quantitative estimate of drug-likeness (QED) is 0.775. The SMILES string of the molecule is O=C(Nc1cncc(Cl)c1)c1cncc(-c2ccc3c(c2)CCO3)c1. The number of rotatable bonds is 3. The fourth-order valence-corrected chi connectivity index (χ4v) is 2.95. The number of hydrogen-bond donors (Lipinski definition) is 1. The zero-order valence-corrected chi connectivity index (χ0v) is 14.0. The molecule has 1 aromatic carbocycles. The molecule has 3 heterocycles. The highest BCUT2D eigenvalue weighted by atomic mass is 35.5. The largest absolute Gasteiger partial charge is 0.493 e. The number of aromatic nitrogens is 2. The normalized spacial score (nSPS) is 12.4. The molecule has 25 heavy (non-hydrogen) atoms. The minimum Gasteiger partial charge on any atom is -0.493 e. The number of fused-ring (bicyclic) bond motifs is 1. The Labute approximate surface area is 149 Å². The first-order valence-electron chi connectivity index (χ1n) is 7.82. The summed E-state index contributed by atoms with van der Waals surface area (Å²) in [6.07, 6.45) is 7.24. The van der Waals surface area contributed by atoms with Crippen LogP contribution in [0.1, 0.15) is 15.9 Å². The Morgan fingerprint density at radius 1 is 1.04 bits per heavy atom. The molecule has 1 aliphatic rings. The van der Waals surface area contributed by atoms with E-state index in [1.54, 1.807) is 18.5 Å². The van der Waals surface area contributed by atoms with Crippen molar-refractivity contribution in [3.8, 4) is 16.9 Å². The van der Waals surface area contributed by atoms with Crippen LogP contribution in [-0.2, 0) is 6.42 Å². The van der Waals surface area contributed by atoms with Gasteiger partial charge in [-0.1, -0.05) is 17.7 Å². The van der Waals surface area contributed by atoms with Crippen molar-refractivity contribution < 1.29 is 9.53 Å². The van der Waals surface area contributed by atoms with Gasteiger partial charge in [0.1, 0.15) is 5.75 Å². The van der Waals surface area contributed by atoms with Gasteiger partial charge in [-0.25, -0.2) is 0 Å². The standard InChI is InChI=1S/C19H14ClN3O2/c20-16-7-17(11-22-10-16)23-19(24)15-6-14(8-21-9-15)12-1-2-18-13(5-12)3-4-25-18/h1-2,5-11H,3-4H2,(H,23,24). The number of ether oxygens (including phenoxy) is 1. The van der Waals surface area contributed by atoms with Crippen molar-refractivity contribution >= 4 is 23.2 Å². The summed E-state index contributed by atoms with van der Waals surface area (Å²) < 4.78 is 5.53. The highest BCUT2D eigenvalue weighted by molar-refractivity contribution is 6.30. The van der Waals surface area contributed by atoms with Crippen LogP contribution < -0.4 is 10.1 Å². The van der Waals surface area contributed by atoms with Gasteiger partial charge in [0.25, 0.3) is 5.91 Å². The molecule has 0 radical (unpaired) electrons. The summed E-state index contributed by atoms with van der Waals surface area (Å²) in [6, 6.07) is 9.48. The number of amides is 1. The van der Waals surface area contributed by atoms with E-state index in [9.17, 15) is 4.79 Å². The maximum atomic E-state index is 12.5. The number of nitrogens with one attached hydrogen (secondary N) is 1. The van der Waals surface area contributed by atoms with Gasteiger partial charge < -0.3 is 10.1 Å². The molecular weight excluding hydrogens is 338 g/mol. The third kappa shape index (κ3) is 3.32. The second-order valence-electron chi connectivity index (χ2n) is 5.73. The first-order valence-corrected chi connectivity index (χ1v) is 8.20. The highest BCUT2D eigenvalue weighted by Crippen LogP contribution is 2.30. The molecule has 0 fully saturated rings. The van der Waals surface area contributed by atoms with Gasteiger partial charge in [-0.05, 0) is 35.4 Å². The summed E-state index contributed by atoms with van der Waals surface area (Å²) in [5.41, 5.74) is 4.08. The van der Waals surface area contributed by atoms with Gasteiger partial charge in [-0.2, -0.15) is 0 Å². The van der Waals surface area contributed by atoms with E-state index in [0.717, 1.165) is 23.3 Å². The summed E-state index contributed by atoms with van der Waals surface area (Å²) in [6.45, 7) is 0.715. The predicted molar refractivity (Wildman–Crippen MR) is 96.1 cm³/mol. The van der Waals surface area contributed by atoms with Crippen LogP contribution in [0.2, 0.25) is 5.02 Å². The van der Waals surface area contributed by atoms with Crippen molar-refractivity contribution in [3.63, 3.8) is 0 Å². The first kappa shape index (κ1) is 15.6. The number of nitrogens with zero attached hydrogens (tertiary/aromatic N) is 2. The van der Waals surface area contributed by atoms with E-state index in [4.69, 9.17) is 16.3 Å². The van der Waals surface area contributed by atoms with Crippen LogP contribution in [0, 0.1) is 0 Å². The Morgan fingerprint density at radius 3 is 2.80 bits per heavy atom. The van der Waals surface area contributed by atoms with Crippen molar-refractivity contribution in [2.75, 3.05) is 11.9 Å². The topological polar surface area (TPSA) is 64.1 Å². The van der Waals surface area contributed by atoms with Crippen LogP contribution in [0.5, 0.6) is 5.75 Å². The fraction of sp³-hybridized carbons (Fsp3) is 0.105. The van der Waals surface area contributed by atoms with Crippen molar-refractivity contribution in [3.05, 3.63) is 71.3 Å². The van der Waals surface area contributed by atoms with Crippen molar-refractivity contribution in [2.45, 2.75) is 6.42 Å². The van der Waals surface area contributed by atoms with E-state index in [0.29, 0.717) is 22.9 Å². The maximum Gasteiger partial charge on any atom is 0.257 e. The Hall–Kier alpha value is -2.92. The zero-order chi connectivity index (χ0) is 17.2. The Kier molecular flexibility index (Phi) is 4.07. The molecule has 0 atom stereocenters. The van der Waals surface area contributed by atoms with Crippen LogP contribution in [-0.4, -0.2) is 22.5 Å². The minimum atomic E-state index is -0.261. The van der Waals surface area contributed by atoms with Gasteiger partial charge >= 0.3 is 0 Å². The average molecular weight is 352 g/mol. The van der Waals surface area contributed by atoms with Crippen LogP contribution >= 0.6 is 11.6 Å². The van der Waals surface area contributed by atoms with Gasteiger partial charge in [0.05, 0.1) is 29.1 Å². The molecule has 3 aromatic rings. The van der Waals surface area contributed by atoms with Gasteiger partial charge in [0, 0.05) is 30.6 Å². The fourth-order valence-electron chi connectivity index (χ4n) is 2.77. The lowest BCUT2D eigenvalue weighted by Crippen LogP contribution is -2.12. The molecule has 0 spiro atoms. The lowest BCUT2D eigenvalue weighted by molar-refractivity contribution is 0.102. The number of pyridine rings is 2. The molecule has 0 saturated carbocycles. The number of anilines is 1. The van der Waals surface area contributed by atoms with Crippen LogP contribution in [0.15, 0.2) is 55.1 Å². The summed E-state index contributed by atoms with van der Waals surface area (Å²) in [5.74, 6) is 0.668. The van der Waals surface area contributed by atoms with Crippen LogP contribution in [0.25, 0.3) is 11.1 Å². The summed E-state index contributed by atoms with van der Waals surface area (Å²) in [7, 11) is 0. The minimum absolute atomic E-state index is 0.261. The monoisotopic (exact) mass is 351 g/mol. The van der Waals surface area contributed by atoms with Crippen molar-refractivity contribution in [1.29, 1.82) is 0 Å². The zero-order valence-electron chi connectivity index (χ0n) is 13.2. The maximum absolute atomic E-state index is 12.5. The van der Waals surface area contributed by atoms with E-state index in [-0.39, 0.29) is 5.91 Å². The van der Waals surface area contributed by atoms with E-state index < -0.39 is 0 Å². The molecule has 124 valence electrons. The summed E-state index contributed by atoms with van der Waals surface area (Å²) in [5, 5.41) is 3.24. The lowest BCUT2D eigenvalue weighted by atomic mass is 10.0. The highest BCUT2D eigenvalue weighted by Gasteiger charge is 2.14. The van der Waals surface area contributed by atoms with E-state index in [1.165, 1.54) is 18.0 Å². The number of carbonyl (C=O) groups excluding carboxylic acids is 1. The van der Waals surface area contributed by atoms with Gasteiger partial charge in [-0.15, -0.1) is 0 Å². The van der Waals surface area contributed by atoms with E-state index >= 15 is 0 Å². The lowest BCUT2D eigenvalue weighted by Gasteiger charge is -2.08. The number of benzene rings is 1. The van der Waals surface area contributed by atoms with Gasteiger partial charge in [-0.3, -0.25) is 14.8 Å². The Morgan fingerprint density at radius 2 is 1.92 bits per heavy atom. The van der Waals surface area contributed by atoms with Gasteiger partial charge in [0.2, 0.25) is 0 Å². The molecule has 1 aliphatic heterocycles. The van der Waals surface area contributed by atoms with Crippen LogP contribution in [0.3, 0.4) is 0 Å². The summed E-state index contributed by atoms with van der Waals surface area (Å²) >= 11 is 5.89. The molecule has 0 aliphatic carbocycles. The number of carbonyl (C=O) groups is 1. The molecule has 4 rings (SSSR count). The third-order valence-electron chi connectivity index (χ3n) is 3.99. The molecule has 1 amide bonds. The molecule has 6 heteroatoms. The molecule has 1 N–H and O–H groups in total. The predicted octanol–water partition coefficient (Wildman–Crippen LogP) is 3.98. The van der Waals surface area contributed by atoms with Crippen molar-refractivity contribution in [2.24, 2.45) is 0 Å². The molecule has 2 aromatic heterocycles. The molecule has 5 nitrogen and oxygen atoms in total. The van der Waals surface area contributed by atoms with Crippen LogP contribution in [0.4, 0.5) is 5.69 Å². The Bertz CT molecular complexity index is 959. The summed E-state index contributed by atoms with van der Waals surface area (Å²) in [4.78, 5) is 20.6. The second kappa shape index (κ2) is 6.53. The van der Waals surface area contributed by atoms with E-state index in [2.05, 4.69) is 21.4 Å². The van der Waals surface area contributed by atoms with Crippen molar-refractivity contribution in [1.82, 2.24) is 9.97 Å². The second-order valence-corrected chi connectivity index (χ2v) is 6.17. The Balaban J connectivity index is 1.60. The average Bonchev–Trinajstić information content (AvgIpc) is 3.09. The number of halogens is 1. The molecule has 0 saturated heterocycles. The third-order valence-corrected chi connectivity index (χ3v) is 4.19. The van der Waals surface area contributed by atoms with Gasteiger partial charge in [0.15, 0.2) is 0 Å².